The topological polar surface area (TPSA) is 92.8 Å². The molecule has 1 fully saturated rings. The van der Waals surface area contributed by atoms with E-state index in [1.807, 2.05) is 12.1 Å². The number of hydrogen-bond acceptors (Lipinski definition) is 6. The van der Waals surface area contributed by atoms with Crippen molar-refractivity contribution < 1.29 is 9.13 Å². The first-order valence-corrected chi connectivity index (χ1v) is 10.6. The summed E-state index contributed by atoms with van der Waals surface area (Å²) in [7, 11) is 1.39. The molecular formula is C25H20FN5O2. The van der Waals surface area contributed by atoms with Crippen LogP contribution in [0.5, 0.6) is 5.75 Å². The number of nitriles is 1. The summed E-state index contributed by atoms with van der Waals surface area (Å²) in [6, 6.07) is 13.3. The predicted molar refractivity (Wildman–Crippen MR) is 122 cm³/mol. The van der Waals surface area contributed by atoms with Gasteiger partial charge < -0.3 is 10.1 Å². The number of benzene rings is 2. The first-order valence-electron chi connectivity index (χ1n) is 10.6. The number of halogens is 1. The molecule has 0 bridgehead atoms. The van der Waals surface area contributed by atoms with Crippen molar-refractivity contribution in [3.05, 3.63) is 82.4 Å². The SMILES string of the molecule is COc1ccc(-n2c(C3CCCN3)nc3c(-c4ccncc4)cc(C#N)cc3c2=O)cc1F. The van der Waals surface area contributed by atoms with E-state index < -0.39 is 5.82 Å². The molecule has 2 aromatic carbocycles. The fourth-order valence-corrected chi connectivity index (χ4v) is 4.31. The monoisotopic (exact) mass is 441 g/mol. The number of nitrogens with one attached hydrogen (secondary N) is 1. The quantitative estimate of drug-likeness (QED) is 0.517. The predicted octanol–water partition coefficient (Wildman–Crippen LogP) is 3.89. The van der Waals surface area contributed by atoms with Gasteiger partial charge in [0.15, 0.2) is 11.6 Å². The average molecular weight is 441 g/mol. The lowest BCUT2D eigenvalue weighted by Crippen LogP contribution is -2.29. The zero-order valence-electron chi connectivity index (χ0n) is 17.9. The number of pyridine rings is 1. The van der Waals surface area contributed by atoms with Gasteiger partial charge in [-0.25, -0.2) is 9.37 Å². The molecule has 1 N–H and O–H groups in total. The molecule has 0 radical (unpaired) electrons. The second-order valence-corrected chi connectivity index (χ2v) is 7.85. The second-order valence-electron chi connectivity index (χ2n) is 7.85. The molecule has 164 valence electrons. The molecule has 1 unspecified atom stereocenters. The Hall–Kier alpha value is -4.09. The van der Waals surface area contributed by atoms with Crippen LogP contribution in [0.3, 0.4) is 0 Å². The van der Waals surface area contributed by atoms with E-state index in [-0.39, 0.29) is 17.4 Å². The maximum atomic E-state index is 14.6. The zero-order valence-corrected chi connectivity index (χ0v) is 17.9. The van der Waals surface area contributed by atoms with E-state index >= 15 is 0 Å². The number of rotatable bonds is 4. The van der Waals surface area contributed by atoms with Crippen molar-refractivity contribution in [2.75, 3.05) is 13.7 Å². The molecule has 0 spiro atoms. The molecule has 0 saturated carbocycles. The van der Waals surface area contributed by atoms with Crippen molar-refractivity contribution in [2.24, 2.45) is 0 Å². The first kappa shape index (κ1) is 20.8. The van der Waals surface area contributed by atoms with E-state index in [2.05, 4.69) is 16.4 Å². The second kappa shape index (κ2) is 8.45. The van der Waals surface area contributed by atoms with Crippen LogP contribution in [0.1, 0.15) is 30.3 Å². The Morgan fingerprint density at radius 1 is 1.21 bits per heavy atom. The Morgan fingerprint density at radius 2 is 2.03 bits per heavy atom. The normalized spacial score (nSPS) is 15.5. The molecule has 7 nitrogen and oxygen atoms in total. The minimum absolute atomic E-state index is 0.0906. The third kappa shape index (κ3) is 3.62. The van der Waals surface area contributed by atoms with Gasteiger partial charge in [0, 0.05) is 24.0 Å². The summed E-state index contributed by atoms with van der Waals surface area (Å²) in [5.74, 6) is 0.0259. The van der Waals surface area contributed by atoms with Crippen molar-refractivity contribution in [1.29, 1.82) is 5.26 Å². The summed E-state index contributed by atoms with van der Waals surface area (Å²) in [5, 5.41) is 13.3. The van der Waals surface area contributed by atoms with Crippen molar-refractivity contribution in [2.45, 2.75) is 18.9 Å². The average Bonchev–Trinajstić information content (AvgIpc) is 3.39. The van der Waals surface area contributed by atoms with Crippen molar-refractivity contribution >= 4 is 10.9 Å². The Morgan fingerprint density at radius 3 is 2.70 bits per heavy atom. The zero-order chi connectivity index (χ0) is 22.9. The van der Waals surface area contributed by atoms with Gasteiger partial charge in [0.1, 0.15) is 5.82 Å². The van der Waals surface area contributed by atoms with Gasteiger partial charge in [0.25, 0.3) is 5.56 Å². The third-order valence-corrected chi connectivity index (χ3v) is 5.88. The Labute approximate surface area is 189 Å². The maximum absolute atomic E-state index is 14.6. The molecule has 0 amide bonds. The van der Waals surface area contributed by atoms with Crippen LogP contribution in [0.25, 0.3) is 27.7 Å². The molecular weight excluding hydrogens is 421 g/mol. The van der Waals surface area contributed by atoms with Gasteiger partial charge in [-0.1, -0.05) is 0 Å². The van der Waals surface area contributed by atoms with Crippen molar-refractivity contribution in [1.82, 2.24) is 19.9 Å². The van der Waals surface area contributed by atoms with E-state index in [9.17, 15) is 14.4 Å². The van der Waals surface area contributed by atoms with Crippen LogP contribution in [0.4, 0.5) is 4.39 Å². The Balaban J connectivity index is 1.86. The van der Waals surface area contributed by atoms with Crippen LogP contribution in [-0.2, 0) is 0 Å². The summed E-state index contributed by atoms with van der Waals surface area (Å²) >= 11 is 0. The van der Waals surface area contributed by atoms with E-state index in [0.717, 1.165) is 24.9 Å². The van der Waals surface area contributed by atoms with Crippen LogP contribution in [0, 0.1) is 17.1 Å². The summed E-state index contributed by atoms with van der Waals surface area (Å²) in [4.78, 5) is 22.8. The molecule has 5 rings (SSSR count). The maximum Gasteiger partial charge on any atom is 0.266 e. The van der Waals surface area contributed by atoms with Crippen LogP contribution in [0.2, 0.25) is 0 Å². The van der Waals surface area contributed by atoms with Crippen molar-refractivity contribution in [3.8, 4) is 28.6 Å². The van der Waals surface area contributed by atoms with E-state index in [1.165, 1.54) is 29.9 Å². The number of aromatic nitrogens is 3. The molecule has 2 aromatic heterocycles. The van der Waals surface area contributed by atoms with Gasteiger partial charge in [0.05, 0.1) is 41.4 Å². The van der Waals surface area contributed by atoms with Crippen molar-refractivity contribution in [3.63, 3.8) is 0 Å². The Kier molecular flexibility index (Phi) is 5.32. The number of methoxy groups -OCH3 is 1. The van der Waals surface area contributed by atoms with Gasteiger partial charge in [-0.15, -0.1) is 0 Å². The van der Waals surface area contributed by atoms with Crippen LogP contribution in [-0.4, -0.2) is 28.2 Å². The molecule has 3 heterocycles. The number of ether oxygens (including phenoxy) is 1. The van der Waals surface area contributed by atoms with Gasteiger partial charge in [-0.3, -0.25) is 14.3 Å². The van der Waals surface area contributed by atoms with Crippen LogP contribution < -0.4 is 15.6 Å². The molecule has 1 saturated heterocycles. The molecule has 1 aliphatic heterocycles. The Bertz CT molecular complexity index is 1450. The number of nitrogens with zero attached hydrogens (tertiary/aromatic N) is 4. The highest BCUT2D eigenvalue weighted by atomic mass is 19.1. The third-order valence-electron chi connectivity index (χ3n) is 5.88. The summed E-state index contributed by atoms with van der Waals surface area (Å²) in [6.45, 7) is 0.806. The van der Waals surface area contributed by atoms with Gasteiger partial charge in [0.2, 0.25) is 0 Å². The van der Waals surface area contributed by atoms with Crippen LogP contribution in [0.15, 0.2) is 59.7 Å². The fourth-order valence-electron chi connectivity index (χ4n) is 4.31. The highest BCUT2D eigenvalue weighted by molar-refractivity contribution is 5.94. The standard InChI is InChI=1S/C25H20FN5O2/c1-33-22-5-4-17(13-20(22)26)31-24(21-3-2-8-29-21)30-23-18(16-6-9-28-10-7-16)11-15(14-27)12-19(23)25(31)32/h4-7,9-13,21,29H,2-3,8H2,1H3. The summed E-state index contributed by atoms with van der Waals surface area (Å²) in [6.07, 6.45) is 5.06. The summed E-state index contributed by atoms with van der Waals surface area (Å²) in [5.41, 5.74) is 2.31. The largest absolute Gasteiger partial charge is 0.494 e. The minimum atomic E-state index is -0.574. The fraction of sp³-hybridized carbons (Fsp3) is 0.200. The molecule has 0 aliphatic carbocycles. The number of fused-ring (bicyclic) bond motifs is 1. The lowest BCUT2D eigenvalue weighted by atomic mass is 10.00. The highest BCUT2D eigenvalue weighted by Gasteiger charge is 2.25. The minimum Gasteiger partial charge on any atom is -0.494 e. The first-order chi connectivity index (χ1) is 16.1. The molecule has 1 aliphatic rings. The lowest BCUT2D eigenvalue weighted by Gasteiger charge is -2.20. The summed E-state index contributed by atoms with van der Waals surface area (Å²) < 4.78 is 21.0. The van der Waals surface area contributed by atoms with Gasteiger partial charge in [-0.2, -0.15) is 5.26 Å². The van der Waals surface area contributed by atoms with E-state index in [0.29, 0.717) is 33.5 Å². The molecule has 8 heteroatoms. The van der Waals surface area contributed by atoms with Gasteiger partial charge in [-0.05, 0) is 61.3 Å². The smallest absolute Gasteiger partial charge is 0.266 e. The van der Waals surface area contributed by atoms with E-state index in [1.54, 1.807) is 24.5 Å². The lowest BCUT2D eigenvalue weighted by molar-refractivity contribution is 0.386. The number of hydrogen-bond donors (Lipinski definition) is 1. The van der Waals surface area contributed by atoms with E-state index in [4.69, 9.17) is 9.72 Å². The highest BCUT2D eigenvalue weighted by Crippen LogP contribution is 2.31. The molecule has 33 heavy (non-hydrogen) atoms. The molecule has 1 atom stereocenters. The van der Waals surface area contributed by atoms with Gasteiger partial charge >= 0.3 is 0 Å². The molecule has 4 aromatic rings. The van der Waals surface area contributed by atoms with Crippen LogP contribution >= 0.6 is 0 Å².